The zero-order valence-corrected chi connectivity index (χ0v) is 13.9. The summed E-state index contributed by atoms with van der Waals surface area (Å²) in [5.74, 6) is -4.21. The molecule has 0 unspecified atom stereocenters. The van der Waals surface area contributed by atoms with Crippen LogP contribution in [0.1, 0.15) is 47.0 Å². The zero-order chi connectivity index (χ0) is 19.9. The number of rotatable bonds is 4. The normalized spacial score (nSPS) is 9.46. The molecule has 0 atom stereocenters. The van der Waals surface area contributed by atoms with Gasteiger partial charge in [0.1, 0.15) is 0 Å². The van der Waals surface area contributed by atoms with Gasteiger partial charge in [-0.25, -0.2) is 19.2 Å². The van der Waals surface area contributed by atoms with Gasteiger partial charge in [0.25, 0.3) is 0 Å². The molecule has 2 rings (SSSR count). The van der Waals surface area contributed by atoms with Crippen molar-refractivity contribution in [2.24, 2.45) is 0 Å². The van der Waals surface area contributed by atoms with Crippen LogP contribution in [0, 0.1) is 6.92 Å². The molecule has 2 aromatic carbocycles. The Bertz CT molecular complexity index is 821. The largest absolute Gasteiger partial charge is 0.478 e. The van der Waals surface area contributed by atoms with E-state index >= 15 is 0 Å². The van der Waals surface area contributed by atoms with Crippen molar-refractivity contribution in [1.82, 2.24) is 0 Å². The van der Waals surface area contributed by atoms with Crippen LogP contribution in [0.5, 0.6) is 0 Å². The summed E-state index contributed by atoms with van der Waals surface area (Å²) < 4.78 is 4.48. The van der Waals surface area contributed by atoms with Gasteiger partial charge in [0.15, 0.2) is 0 Å². The van der Waals surface area contributed by atoms with E-state index in [0.717, 1.165) is 0 Å². The van der Waals surface area contributed by atoms with E-state index in [1.54, 1.807) is 19.1 Å². The van der Waals surface area contributed by atoms with Gasteiger partial charge in [-0.2, -0.15) is 0 Å². The van der Waals surface area contributed by atoms with Crippen molar-refractivity contribution >= 4 is 23.9 Å². The number of esters is 1. The van der Waals surface area contributed by atoms with Crippen LogP contribution in [0.3, 0.4) is 0 Å². The van der Waals surface area contributed by atoms with Gasteiger partial charge in [-0.15, -0.1) is 0 Å². The average Bonchev–Trinajstić information content (AvgIpc) is 2.60. The minimum atomic E-state index is -1.23. The topological polar surface area (TPSA) is 138 Å². The number of aryl methyl sites for hydroxylation is 1. The van der Waals surface area contributed by atoms with Crippen molar-refractivity contribution in [3.63, 3.8) is 0 Å². The average molecular weight is 360 g/mol. The van der Waals surface area contributed by atoms with E-state index < -0.39 is 23.9 Å². The molecule has 0 radical (unpaired) electrons. The Balaban J connectivity index is 0.000000263. The van der Waals surface area contributed by atoms with Gasteiger partial charge in [-0.1, -0.05) is 24.3 Å². The molecule has 0 bridgehead atoms. The summed E-state index contributed by atoms with van der Waals surface area (Å²) in [5.41, 5.74) is 0.245. The predicted octanol–water partition coefficient (Wildman–Crippen LogP) is 2.56. The number of methoxy groups -OCH3 is 1. The number of ether oxygens (including phenoxy) is 1. The number of carboxylic acids is 3. The lowest BCUT2D eigenvalue weighted by Gasteiger charge is -2.06. The number of benzene rings is 2. The number of aromatic carboxylic acids is 3. The van der Waals surface area contributed by atoms with E-state index in [-0.39, 0.29) is 22.3 Å². The highest BCUT2D eigenvalue weighted by molar-refractivity contribution is 6.03. The summed E-state index contributed by atoms with van der Waals surface area (Å²) in [5, 5.41) is 26.0. The van der Waals surface area contributed by atoms with Crippen molar-refractivity contribution < 1.29 is 39.2 Å². The Kier molecular flexibility index (Phi) is 7.03. The summed E-state index contributed by atoms with van der Waals surface area (Å²) in [6.07, 6.45) is 0. The van der Waals surface area contributed by atoms with E-state index in [1.165, 1.54) is 37.4 Å². The minimum absolute atomic E-state index is 0.000602. The smallest absolute Gasteiger partial charge is 0.338 e. The Hall–Kier alpha value is -3.68. The molecular formula is C18H16O8. The third-order valence-electron chi connectivity index (χ3n) is 3.28. The molecule has 26 heavy (non-hydrogen) atoms. The van der Waals surface area contributed by atoms with Crippen molar-refractivity contribution in [3.8, 4) is 0 Å². The van der Waals surface area contributed by atoms with Gasteiger partial charge in [0.2, 0.25) is 0 Å². The highest BCUT2D eigenvalue weighted by Gasteiger charge is 2.18. The molecule has 8 heteroatoms. The summed E-state index contributed by atoms with van der Waals surface area (Å²) in [6.45, 7) is 1.63. The molecule has 3 N–H and O–H groups in total. The van der Waals surface area contributed by atoms with Crippen LogP contribution in [-0.4, -0.2) is 46.3 Å². The summed E-state index contributed by atoms with van der Waals surface area (Å²) in [6, 6.07) is 10.2. The third-order valence-corrected chi connectivity index (χ3v) is 3.28. The quantitative estimate of drug-likeness (QED) is 0.707. The number of hydrogen-bond donors (Lipinski definition) is 3. The molecule has 0 saturated carbocycles. The van der Waals surface area contributed by atoms with Gasteiger partial charge in [-0.05, 0) is 30.7 Å². The number of carbonyl (C=O) groups excluding carboxylic acids is 1. The number of carbonyl (C=O) groups is 4. The van der Waals surface area contributed by atoms with Crippen molar-refractivity contribution in [2.45, 2.75) is 6.92 Å². The summed E-state index contributed by atoms with van der Waals surface area (Å²) in [4.78, 5) is 43.0. The van der Waals surface area contributed by atoms with Crippen LogP contribution >= 0.6 is 0 Å². The standard InChI is InChI=1S/C10H10O4.C8H6O4/c1-6-4-3-5-7(10(13)14-2)8(6)9(11)12;9-7(10)5-3-1-2-4-6(5)8(11)12/h3-5H,1-2H3,(H,11,12);1-4H,(H,9,10)(H,11,12). The van der Waals surface area contributed by atoms with Gasteiger partial charge >= 0.3 is 23.9 Å². The molecule has 136 valence electrons. The zero-order valence-electron chi connectivity index (χ0n) is 13.9. The highest BCUT2D eigenvalue weighted by atomic mass is 16.5. The number of hydrogen-bond acceptors (Lipinski definition) is 5. The molecular weight excluding hydrogens is 344 g/mol. The second kappa shape index (κ2) is 8.97. The lowest BCUT2D eigenvalue weighted by Crippen LogP contribution is -2.11. The minimum Gasteiger partial charge on any atom is -0.478 e. The predicted molar refractivity (Wildman–Crippen MR) is 89.8 cm³/mol. The maximum absolute atomic E-state index is 11.2. The van der Waals surface area contributed by atoms with Gasteiger partial charge in [-0.3, -0.25) is 0 Å². The maximum atomic E-state index is 11.2. The SMILES string of the molecule is COC(=O)c1cccc(C)c1C(=O)O.O=C(O)c1ccccc1C(=O)O. The van der Waals surface area contributed by atoms with Crippen LogP contribution in [0.15, 0.2) is 42.5 Å². The monoisotopic (exact) mass is 360 g/mol. The summed E-state index contributed by atoms with van der Waals surface area (Å²) in [7, 11) is 1.22. The fourth-order valence-electron chi connectivity index (χ4n) is 2.09. The van der Waals surface area contributed by atoms with Crippen molar-refractivity contribution in [2.75, 3.05) is 7.11 Å². The first-order valence-electron chi connectivity index (χ1n) is 7.17. The van der Waals surface area contributed by atoms with Crippen molar-refractivity contribution in [3.05, 3.63) is 70.3 Å². The molecule has 8 nitrogen and oxygen atoms in total. The maximum Gasteiger partial charge on any atom is 0.338 e. The van der Waals surface area contributed by atoms with Crippen LogP contribution in [-0.2, 0) is 4.74 Å². The molecule has 0 saturated heterocycles. The second-order valence-corrected chi connectivity index (χ2v) is 4.95. The Morgan fingerprint density at radius 3 is 1.58 bits per heavy atom. The van der Waals surface area contributed by atoms with Crippen LogP contribution < -0.4 is 0 Å². The Morgan fingerprint density at radius 2 is 1.19 bits per heavy atom. The Labute approximate surface area is 148 Å². The van der Waals surface area contributed by atoms with E-state index in [9.17, 15) is 19.2 Å². The Morgan fingerprint density at radius 1 is 0.731 bits per heavy atom. The van der Waals surface area contributed by atoms with E-state index in [1.807, 2.05) is 0 Å². The molecule has 0 aliphatic carbocycles. The van der Waals surface area contributed by atoms with E-state index in [0.29, 0.717) is 5.56 Å². The van der Waals surface area contributed by atoms with Gasteiger partial charge in [0, 0.05) is 0 Å². The molecule has 0 fully saturated rings. The molecule has 2 aromatic rings. The first-order chi connectivity index (χ1) is 12.2. The van der Waals surface area contributed by atoms with Crippen molar-refractivity contribution in [1.29, 1.82) is 0 Å². The molecule has 0 aliphatic rings. The first kappa shape index (κ1) is 20.4. The molecule has 0 spiro atoms. The fraction of sp³-hybridized carbons (Fsp3) is 0.111. The lowest BCUT2D eigenvalue weighted by molar-refractivity contribution is 0.0582. The highest BCUT2D eigenvalue weighted by Crippen LogP contribution is 2.15. The molecule has 0 aliphatic heterocycles. The van der Waals surface area contributed by atoms with E-state index in [4.69, 9.17) is 15.3 Å². The van der Waals surface area contributed by atoms with E-state index in [2.05, 4.69) is 4.74 Å². The molecule has 0 aromatic heterocycles. The van der Waals surface area contributed by atoms with Gasteiger partial charge < -0.3 is 20.1 Å². The summed E-state index contributed by atoms with van der Waals surface area (Å²) >= 11 is 0. The molecule has 0 amide bonds. The molecule has 0 heterocycles. The third kappa shape index (κ3) is 4.91. The lowest BCUT2D eigenvalue weighted by atomic mass is 10.0. The second-order valence-electron chi connectivity index (χ2n) is 4.95. The number of carboxylic acid groups (broad SMARTS) is 3. The first-order valence-corrected chi connectivity index (χ1v) is 7.17. The van der Waals surface area contributed by atoms with Crippen LogP contribution in [0.2, 0.25) is 0 Å². The van der Waals surface area contributed by atoms with Crippen LogP contribution in [0.25, 0.3) is 0 Å². The fourth-order valence-corrected chi connectivity index (χ4v) is 2.09. The van der Waals surface area contributed by atoms with Gasteiger partial charge in [0.05, 0.1) is 29.4 Å². The van der Waals surface area contributed by atoms with Crippen LogP contribution in [0.4, 0.5) is 0 Å².